The van der Waals surface area contributed by atoms with E-state index in [4.69, 9.17) is 15.2 Å². The number of urea groups is 1. The molecule has 3 N–H and O–H groups in total. The van der Waals surface area contributed by atoms with Crippen LogP contribution < -0.4 is 15.4 Å². The van der Waals surface area contributed by atoms with Gasteiger partial charge in [0.15, 0.2) is 0 Å². The molecule has 0 atom stereocenters. The SMILES string of the molecule is CNc1ccc(N(S)C(N)=O)cc1CN(C(=O)OC(C)(C)C)C(=O)OC(C)(C)C. The standard InChI is InChI=1S/C19H30N4O5S/c1-18(2,3)27-16(25)22(17(26)28-19(4,5)6)11-12-10-13(23(29)15(20)24)8-9-14(12)21-7/h8-10,21,29H,11H2,1-7H3,(H2,20,24). The van der Waals surface area contributed by atoms with Crippen LogP contribution in [0.4, 0.5) is 25.8 Å². The Kier molecular flexibility index (Phi) is 7.79. The number of primary amides is 1. The molecule has 4 amide bonds. The minimum Gasteiger partial charge on any atom is -0.443 e. The maximum atomic E-state index is 12.7. The van der Waals surface area contributed by atoms with Crippen molar-refractivity contribution in [3.8, 4) is 0 Å². The summed E-state index contributed by atoms with van der Waals surface area (Å²) in [7, 11) is 1.69. The van der Waals surface area contributed by atoms with Gasteiger partial charge in [-0.3, -0.25) is 0 Å². The molecule has 29 heavy (non-hydrogen) atoms. The van der Waals surface area contributed by atoms with E-state index in [2.05, 4.69) is 18.1 Å². The molecule has 0 aliphatic heterocycles. The molecule has 1 aromatic carbocycles. The van der Waals surface area contributed by atoms with Crippen LogP contribution in [0.5, 0.6) is 0 Å². The van der Waals surface area contributed by atoms with Crippen molar-refractivity contribution in [3.63, 3.8) is 0 Å². The number of benzene rings is 1. The zero-order valence-corrected chi connectivity index (χ0v) is 18.8. The van der Waals surface area contributed by atoms with Crippen LogP contribution >= 0.6 is 12.8 Å². The molecule has 0 saturated carbocycles. The normalized spacial score (nSPS) is 11.4. The molecule has 0 aromatic heterocycles. The Balaban J connectivity index is 3.33. The van der Waals surface area contributed by atoms with E-state index in [9.17, 15) is 14.4 Å². The Bertz CT molecular complexity index is 743. The molecule has 162 valence electrons. The lowest BCUT2D eigenvalue weighted by Gasteiger charge is -2.29. The fraction of sp³-hybridized carbons (Fsp3) is 0.526. The number of imide groups is 1. The summed E-state index contributed by atoms with van der Waals surface area (Å²) in [6.45, 7) is 10.0. The number of carbonyl (C=O) groups excluding carboxylic acids is 3. The van der Waals surface area contributed by atoms with E-state index in [1.807, 2.05) is 0 Å². The quantitative estimate of drug-likeness (QED) is 0.624. The summed E-state index contributed by atoms with van der Waals surface area (Å²) in [5, 5.41) is 2.98. The second-order valence-electron chi connectivity index (χ2n) is 8.29. The van der Waals surface area contributed by atoms with Crippen molar-refractivity contribution >= 4 is 42.4 Å². The van der Waals surface area contributed by atoms with Gasteiger partial charge in [0.1, 0.15) is 11.2 Å². The van der Waals surface area contributed by atoms with Gasteiger partial charge in [-0.2, -0.15) is 0 Å². The second kappa shape index (κ2) is 9.25. The third-order valence-electron chi connectivity index (χ3n) is 3.37. The van der Waals surface area contributed by atoms with Crippen LogP contribution in [0.2, 0.25) is 0 Å². The van der Waals surface area contributed by atoms with Crippen molar-refractivity contribution in [1.29, 1.82) is 0 Å². The van der Waals surface area contributed by atoms with Gasteiger partial charge in [0.2, 0.25) is 0 Å². The number of anilines is 2. The van der Waals surface area contributed by atoms with Gasteiger partial charge in [0.25, 0.3) is 0 Å². The summed E-state index contributed by atoms with van der Waals surface area (Å²) in [5.74, 6) is 0. The summed E-state index contributed by atoms with van der Waals surface area (Å²) < 4.78 is 11.7. The highest BCUT2D eigenvalue weighted by Gasteiger charge is 2.32. The average Bonchev–Trinajstić information content (AvgIpc) is 2.55. The van der Waals surface area contributed by atoms with Crippen LogP contribution in [0.3, 0.4) is 0 Å². The van der Waals surface area contributed by atoms with Crippen LogP contribution in [0.1, 0.15) is 47.1 Å². The highest BCUT2D eigenvalue weighted by molar-refractivity contribution is 7.82. The second-order valence-corrected chi connectivity index (χ2v) is 8.69. The number of amides is 4. The monoisotopic (exact) mass is 426 g/mol. The van der Waals surface area contributed by atoms with E-state index in [1.54, 1.807) is 66.8 Å². The van der Waals surface area contributed by atoms with Gasteiger partial charge in [0, 0.05) is 12.7 Å². The Morgan fingerprint density at radius 2 is 1.52 bits per heavy atom. The number of carbonyl (C=O) groups is 3. The van der Waals surface area contributed by atoms with Crippen LogP contribution in [-0.2, 0) is 16.0 Å². The summed E-state index contributed by atoms with van der Waals surface area (Å²) in [4.78, 5) is 37.7. The van der Waals surface area contributed by atoms with E-state index in [0.29, 0.717) is 16.9 Å². The molecule has 0 radical (unpaired) electrons. The summed E-state index contributed by atoms with van der Waals surface area (Å²) in [6, 6.07) is 4.12. The fourth-order valence-electron chi connectivity index (χ4n) is 2.22. The Morgan fingerprint density at radius 1 is 1.03 bits per heavy atom. The highest BCUT2D eigenvalue weighted by atomic mass is 32.1. The average molecular weight is 427 g/mol. The van der Waals surface area contributed by atoms with Crippen molar-refractivity contribution in [1.82, 2.24) is 4.90 Å². The van der Waals surface area contributed by atoms with Crippen molar-refractivity contribution in [2.75, 3.05) is 16.7 Å². The van der Waals surface area contributed by atoms with E-state index < -0.39 is 29.4 Å². The molecule has 0 unspecified atom stereocenters. The molecule has 0 aliphatic rings. The molecule has 0 fully saturated rings. The zero-order chi connectivity index (χ0) is 22.6. The van der Waals surface area contributed by atoms with Crippen molar-refractivity contribution in [2.24, 2.45) is 5.73 Å². The molecule has 0 aliphatic carbocycles. The molecule has 0 heterocycles. The van der Waals surface area contributed by atoms with Gasteiger partial charge in [-0.1, -0.05) is 12.8 Å². The summed E-state index contributed by atoms with van der Waals surface area (Å²) >= 11 is 4.05. The number of nitrogens with zero attached hydrogens (tertiary/aromatic N) is 2. The smallest absolute Gasteiger partial charge is 0.420 e. The Morgan fingerprint density at radius 3 is 1.90 bits per heavy atom. The molecule has 0 spiro atoms. The molecule has 0 saturated heterocycles. The third kappa shape index (κ3) is 7.72. The van der Waals surface area contributed by atoms with E-state index in [-0.39, 0.29) is 6.54 Å². The molecule has 1 aromatic rings. The van der Waals surface area contributed by atoms with Crippen LogP contribution in [-0.4, -0.2) is 41.4 Å². The first-order valence-electron chi connectivity index (χ1n) is 8.97. The Labute approximate surface area is 177 Å². The minimum absolute atomic E-state index is 0.159. The molecular formula is C19H30N4O5S. The number of hydrogen-bond acceptors (Lipinski definition) is 7. The number of nitrogens with two attached hydrogens (primary N) is 1. The van der Waals surface area contributed by atoms with Gasteiger partial charge < -0.3 is 20.5 Å². The third-order valence-corrected chi connectivity index (χ3v) is 3.80. The molecule has 10 heteroatoms. The van der Waals surface area contributed by atoms with Gasteiger partial charge in [0.05, 0.1) is 12.2 Å². The van der Waals surface area contributed by atoms with Gasteiger partial charge >= 0.3 is 18.2 Å². The van der Waals surface area contributed by atoms with Crippen LogP contribution in [0, 0.1) is 0 Å². The maximum Gasteiger partial charge on any atom is 0.420 e. The topological polar surface area (TPSA) is 114 Å². The van der Waals surface area contributed by atoms with Gasteiger partial charge in [-0.15, -0.1) is 0 Å². The van der Waals surface area contributed by atoms with Crippen LogP contribution in [0.25, 0.3) is 0 Å². The molecule has 1 rings (SSSR count). The Hall–Kier alpha value is -2.62. The number of ether oxygens (including phenoxy) is 2. The molecular weight excluding hydrogens is 396 g/mol. The van der Waals surface area contributed by atoms with Crippen molar-refractivity contribution in [3.05, 3.63) is 23.8 Å². The van der Waals surface area contributed by atoms with Gasteiger partial charge in [-0.05, 0) is 65.3 Å². The molecule has 0 bridgehead atoms. The van der Waals surface area contributed by atoms with Gasteiger partial charge in [-0.25, -0.2) is 23.6 Å². The number of rotatable bonds is 4. The predicted molar refractivity (Wildman–Crippen MR) is 115 cm³/mol. The first-order chi connectivity index (χ1) is 13.1. The predicted octanol–water partition coefficient (Wildman–Crippen LogP) is 4.13. The zero-order valence-electron chi connectivity index (χ0n) is 17.9. The highest BCUT2D eigenvalue weighted by Crippen LogP contribution is 2.27. The first-order valence-corrected chi connectivity index (χ1v) is 9.37. The van der Waals surface area contributed by atoms with Crippen molar-refractivity contribution in [2.45, 2.75) is 59.3 Å². The lowest BCUT2D eigenvalue weighted by atomic mass is 10.1. The van der Waals surface area contributed by atoms with E-state index >= 15 is 0 Å². The first kappa shape index (κ1) is 24.4. The van der Waals surface area contributed by atoms with E-state index in [1.165, 1.54) is 0 Å². The summed E-state index contributed by atoms with van der Waals surface area (Å²) in [6.07, 6.45) is -1.70. The van der Waals surface area contributed by atoms with Crippen molar-refractivity contribution < 1.29 is 23.9 Å². The van der Waals surface area contributed by atoms with E-state index in [0.717, 1.165) is 9.21 Å². The lowest BCUT2D eigenvalue weighted by molar-refractivity contribution is -0.000211. The number of nitrogens with one attached hydrogen (secondary N) is 1. The summed E-state index contributed by atoms with van der Waals surface area (Å²) in [5.41, 5.74) is 5.19. The molecule has 9 nitrogen and oxygen atoms in total. The van der Waals surface area contributed by atoms with Crippen LogP contribution in [0.15, 0.2) is 18.2 Å². The fourth-order valence-corrected chi connectivity index (χ4v) is 2.35. The maximum absolute atomic E-state index is 12.7. The minimum atomic E-state index is -0.850. The largest absolute Gasteiger partial charge is 0.443 e. The lowest BCUT2D eigenvalue weighted by Crippen LogP contribution is -2.43. The number of hydrogen-bond donors (Lipinski definition) is 3. The number of thiol groups is 1.